The summed E-state index contributed by atoms with van der Waals surface area (Å²) >= 11 is 0. The van der Waals surface area contributed by atoms with Crippen molar-refractivity contribution in [2.45, 2.75) is 20.8 Å². The molecule has 0 saturated carbocycles. The van der Waals surface area contributed by atoms with E-state index in [0.717, 1.165) is 18.1 Å². The number of aryl methyl sites for hydroxylation is 1. The molecule has 0 saturated heterocycles. The Labute approximate surface area is 83.0 Å². The number of hydrogen-bond donors (Lipinski definition) is 3. The molecule has 0 bridgehead atoms. The van der Waals surface area contributed by atoms with Gasteiger partial charge in [0, 0.05) is 6.92 Å². The van der Waals surface area contributed by atoms with Crippen LogP contribution in [0.2, 0.25) is 0 Å². The van der Waals surface area contributed by atoms with E-state index in [1.807, 2.05) is 19.9 Å². The highest BCUT2D eigenvalue weighted by Crippen LogP contribution is 2.26. The Hall–Kier alpha value is -1.71. The summed E-state index contributed by atoms with van der Waals surface area (Å²) in [6.45, 7) is 4.87. The van der Waals surface area contributed by atoms with E-state index in [4.69, 9.17) is 15.6 Å². The molecule has 0 aromatic heterocycles. The van der Waals surface area contributed by atoms with E-state index >= 15 is 0 Å². The molecular formula is C10H15NO3. The number of carboxylic acids is 1. The van der Waals surface area contributed by atoms with Crippen molar-refractivity contribution in [2.24, 2.45) is 0 Å². The monoisotopic (exact) mass is 197 g/mol. The maximum absolute atomic E-state index is 9.26. The molecule has 0 unspecified atom stereocenters. The minimum absolute atomic E-state index is 0.208. The van der Waals surface area contributed by atoms with Crippen LogP contribution in [0.4, 0.5) is 5.69 Å². The van der Waals surface area contributed by atoms with Gasteiger partial charge in [-0.15, -0.1) is 0 Å². The molecule has 0 aliphatic carbocycles. The average Bonchev–Trinajstić information content (AvgIpc) is 2.07. The van der Waals surface area contributed by atoms with Crippen molar-refractivity contribution in [1.82, 2.24) is 0 Å². The van der Waals surface area contributed by atoms with Gasteiger partial charge in [0.05, 0.1) is 5.69 Å². The van der Waals surface area contributed by atoms with Crippen LogP contribution in [0.15, 0.2) is 12.1 Å². The fraction of sp³-hybridized carbons (Fsp3) is 0.300. The number of nitrogen functional groups attached to an aromatic ring is 1. The van der Waals surface area contributed by atoms with Crippen molar-refractivity contribution in [3.05, 3.63) is 23.3 Å². The number of nitrogens with two attached hydrogens (primary N) is 1. The lowest BCUT2D eigenvalue weighted by Gasteiger charge is -2.04. The van der Waals surface area contributed by atoms with Crippen LogP contribution in [-0.4, -0.2) is 16.2 Å². The Balaban J connectivity index is 0.000000364. The predicted octanol–water partition coefficient (Wildman–Crippen LogP) is 1.68. The third-order valence-electron chi connectivity index (χ3n) is 1.73. The summed E-state index contributed by atoms with van der Waals surface area (Å²) in [7, 11) is 0. The molecule has 4 nitrogen and oxygen atoms in total. The standard InChI is InChI=1S/C8H11NO.C2H4O2/c1-5-3-4-7(9)8(10)6(5)2;1-2(3)4/h3-4,10H,9H2,1-2H3;1H3,(H,3,4). The van der Waals surface area contributed by atoms with Crippen LogP contribution >= 0.6 is 0 Å². The highest BCUT2D eigenvalue weighted by atomic mass is 16.4. The topological polar surface area (TPSA) is 83.5 Å². The van der Waals surface area contributed by atoms with Crippen molar-refractivity contribution in [3.63, 3.8) is 0 Å². The normalized spacial score (nSPS) is 8.79. The van der Waals surface area contributed by atoms with E-state index in [1.165, 1.54) is 0 Å². The van der Waals surface area contributed by atoms with E-state index in [1.54, 1.807) is 6.07 Å². The van der Waals surface area contributed by atoms with Crippen molar-refractivity contribution in [2.75, 3.05) is 5.73 Å². The fourth-order valence-corrected chi connectivity index (χ4v) is 0.822. The smallest absolute Gasteiger partial charge is 0.300 e. The summed E-state index contributed by atoms with van der Waals surface area (Å²) in [6.07, 6.45) is 0. The first-order chi connectivity index (χ1) is 6.36. The summed E-state index contributed by atoms with van der Waals surface area (Å²) in [6, 6.07) is 3.60. The third kappa shape index (κ3) is 3.80. The van der Waals surface area contributed by atoms with Gasteiger partial charge in [-0.25, -0.2) is 0 Å². The zero-order valence-electron chi connectivity index (χ0n) is 8.53. The number of benzene rings is 1. The molecule has 0 amide bonds. The lowest BCUT2D eigenvalue weighted by Crippen LogP contribution is -1.89. The van der Waals surface area contributed by atoms with Gasteiger partial charge in [0.2, 0.25) is 0 Å². The van der Waals surface area contributed by atoms with E-state index < -0.39 is 5.97 Å². The first-order valence-corrected chi connectivity index (χ1v) is 4.10. The molecule has 78 valence electrons. The van der Waals surface area contributed by atoms with E-state index in [-0.39, 0.29) is 5.75 Å². The van der Waals surface area contributed by atoms with Crippen LogP contribution in [0.25, 0.3) is 0 Å². The summed E-state index contributed by atoms with van der Waals surface area (Å²) in [5, 5.41) is 16.7. The molecule has 0 spiro atoms. The third-order valence-corrected chi connectivity index (χ3v) is 1.73. The van der Waals surface area contributed by atoms with Crippen LogP contribution < -0.4 is 5.73 Å². The molecular weight excluding hydrogens is 182 g/mol. The fourth-order valence-electron chi connectivity index (χ4n) is 0.822. The second kappa shape index (κ2) is 5.11. The Morgan fingerprint density at radius 3 is 2.14 bits per heavy atom. The summed E-state index contributed by atoms with van der Waals surface area (Å²) < 4.78 is 0. The quantitative estimate of drug-likeness (QED) is 0.436. The van der Waals surface area contributed by atoms with Crippen LogP contribution in [0.5, 0.6) is 5.75 Å². The number of carbonyl (C=O) groups is 1. The Morgan fingerprint density at radius 1 is 1.36 bits per heavy atom. The van der Waals surface area contributed by atoms with Gasteiger partial charge in [-0.3, -0.25) is 4.79 Å². The average molecular weight is 197 g/mol. The zero-order valence-corrected chi connectivity index (χ0v) is 8.53. The maximum atomic E-state index is 9.26. The number of carboxylic acid groups (broad SMARTS) is 1. The second-order valence-corrected chi connectivity index (χ2v) is 2.96. The van der Waals surface area contributed by atoms with Crippen molar-refractivity contribution >= 4 is 11.7 Å². The summed E-state index contributed by atoms with van der Waals surface area (Å²) in [4.78, 5) is 9.00. The lowest BCUT2D eigenvalue weighted by molar-refractivity contribution is -0.134. The van der Waals surface area contributed by atoms with E-state index in [0.29, 0.717) is 5.69 Å². The first kappa shape index (κ1) is 12.3. The largest absolute Gasteiger partial charge is 0.506 e. The lowest BCUT2D eigenvalue weighted by atomic mass is 10.1. The van der Waals surface area contributed by atoms with Crippen LogP contribution in [0.3, 0.4) is 0 Å². The molecule has 0 fully saturated rings. The second-order valence-electron chi connectivity index (χ2n) is 2.96. The number of hydrogen-bond acceptors (Lipinski definition) is 3. The summed E-state index contributed by atoms with van der Waals surface area (Å²) in [5.74, 6) is -0.625. The minimum Gasteiger partial charge on any atom is -0.506 e. The Bertz CT molecular complexity index is 303. The number of phenols is 1. The van der Waals surface area contributed by atoms with Gasteiger partial charge in [0.15, 0.2) is 0 Å². The van der Waals surface area contributed by atoms with Gasteiger partial charge in [-0.2, -0.15) is 0 Å². The van der Waals surface area contributed by atoms with Gasteiger partial charge in [0.1, 0.15) is 5.75 Å². The SMILES string of the molecule is CC(=O)O.Cc1ccc(N)c(O)c1C. The van der Waals surface area contributed by atoms with Gasteiger partial charge in [0.25, 0.3) is 5.97 Å². The van der Waals surface area contributed by atoms with E-state index in [9.17, 15) is 5.11 Å². The molecule has 14 heavy (non-hydrogen) atoms. The van der Waals surface area contributed by atoms with E-state index in [2.05, 4.69) is 0 Å². The minimum atomic E-state index is -0.833. The molecule has 1 rings (SSSR count). The molecule has 1 aromatic rings. The molecule has 0 atom stereocenters. The molecule has 0 aliphatic rings. The van der Waals surface area contributed by atoms with Crippen molar-refractivity contribution in [1.29, 1.82) is 0 Å². The van der Waals surface area contributed by atoms with Gasteiger partial charge >= 0.3 is 0 Å². The van der Waals surface area contributed by atoms with Gasteiger partial charge in [-0.05, 0) is 31.0 Å². The molecule has 0 heterocycles. The Kier molecular flexibility index (Phi) is 4.49. The van der Waals surface area contributed by atoms with Crippen LogP contribution in [0.1, 0.15) is 18.1 Å². The number of phenolic OH excluding ortho intramolecular Hbond substituents is 1. The van der Waals surface area contributed by atoms with Crippen LogP contribution in [0, 0.1) is 13.8 Å². The number of aromatic hydroxyl groups is 1. The van der Waals surface area contributed by atoms with Crippen molar-refractivity contribution in [3.8, 4) is 5.75 Å². The van der Waals surface area contributed by atoms with Crippen molar-refractivity contribution < 1.29 is 15.0 Å². The Morgan fingerprint density at radius 2 is 1.79 bits per heavy atom. The molecule has 4 N–H and O–H groups in total. The number of aliphatic carboxylic acids is 1. The predicted molar refractivity (Wildman–Crippen MR) is 55.3 cm³/mol. The number of anilines is 1. The maximum Gasteiger partial charge on any atom is 0.300 e. The first-order valence-electron chi connectivity index (χ1n) is 4.10. The number of rotatable bonds is 0. The summed E-state index contributed by atoms with van der Waals surface area (Å²) in [5.41, 5.74) is 7.81. The van der Waals surface area contributed by atoms with Crippen LogP contribution in [-0.2, 0) is 4.79 Å². The molecule has 1 aromatic carbocycles. The zero-order chi connectivity index (χ0) is 11.3. The van der Waals surface area contributed by atoms with Gasteiger partial charge < -0.3 is 15.9 Å². The molecule has 0 radical (unpaired) electrons. The highest BCUT2D eigenvalue weighted by molar-refractivity contribution is 5.63. The highest BCUT2D eigenvalue weighted by Gasteiger charge is 2.01. The molecule has 0 aliphatic heterocycles. The molecule has 4 heteroatoms. The van der Waals surface area contributed by atoms with Gasteiger partial charge in [-0.1, -0.05) is 6.07 Å².